The molecule has 0 saturated carbocycles. The van der Waals surface area contributed by atoms with Crippen LogP contribution in [0, 0.1) is 0 Å². The van der Waals surface area contributed by atoms with Crippen LogP contribution < -0.4 is 0 Å². The molecule has 0 bridgehead atoms. The largest absolute Gasteiger partial charge is 0.456 e. The van der Waals surface area contributed by atoms with Crippen molar-refractivity contribution in [3.05, 3.63) is 64.6 Å². The Morgan fingerprint density at radius 1 is 1.22 bits per heavy atom. The van der Waals surface area contributed by atoms with Gasteiger partial charge in [0.05, 0.1) is 6.61 Å². The molecule has 3 aromatic rings. The van der Waals surface area contributed by atoms with Crippen LogP contribution in [0.15, 0.2) is 58.3 Å². The van der Waals surface area contributed by atoms with E-state index < -0.39 is 0 Å². The molecule has 2 nitrogen and oxygen atoms in total. The van der Waals surface area contributed by atoms with E-state index in [2.05, 4.69) is 0 Å². The van der Waals surface area contributed by atoms with Crippen LogP contribution in [0.3, 0.4) is 0 Å². The third kappa shape index (κ3) is 1.98. The van der Waals surface area contributed by atoms with Gasteiger partial charge in [-0.25, -0.2) is 0 Å². The van der Waals surface area contributed by atoms with Crippen LogP contribution in [0.25, 0.3) is 16.5 Å². The molecule has 90 valence electrons. The van der Waals surface area contributed by atoms with Gasteiger partial charge in [-0.15, -0.1) is 11.3 Å². The average Bonchev–Trinajstić information content (AvgIpc) is 3.04. The van der Waals surface area contributed by atoms with Crippen molar-refractivity contribution in [1.82, 2.24) is 0 Å². The summed E-state index contributed by atoms with van der Waals surface area (Å²) in [7, 11) is 0. The number of hydrogen-bond donors (Lipinski definition) is 1. The maximum atomic E-state index is 9.16. The summed E-state index contributed by atoms with van der Waals surface area (Å²) >= 11 is 1.64. The van der Waals surface area contributed by atoms with Gasteiger partial charge < -0.3 is 9.52 Å². The van der Waals surface area contributed by atoms with Crippen molar-refractivity contribution >= 4 is 27.9 Å². The van der Waals surface area contributed by atoms with Crippen LogP contribution in [0.2, 0.25) is 0 Å². The van der Waals surface area contributed by atoms with Crippen molar-refractivity contribution in [2.45, 2.75) is 0 Å². The summed E-state index contributed by atoms with van der Waals surface area (Å²) in [5, 5.41) is 12.3. The van der Waals surface area contributed by atoms with Crippen molar-refractivity contribution in [2.75, 3.05) is 6.61 Å². The van der Waals surface area contributed by atoms with Gasteiger partial charge in [0.15, 0.2) is 0 Å². The lowest BCUT2D eigenvalue weighted by Gasteiger charge is -2.00. The molecule has 0 aliphatic carbocycles. The summed E-state index contributed by atoms with van der Waals surface area (Å²) in [4.78, 5) is 1.10. The van der Waals surface area contributed by atoms with E-state index in [1.807, 2.05) is 47.8 Å². The molecule has 0 amide bonds. The highest BCUT2D eigenvalue weighted by atomic mass is 32.1. The van der Waals surface area contributed by atoms with Crippen molar-refractivity contribution in [3.63, 3.8) is 0 Å². The van der Waals surface area contributed by atoms with E-state index in [1.54, 1.807) is 17.4 Å². The van der Waals surface area contributed by atoms with Gasteiger partial charge >= 0.3 is 0 Å². The Morgan fingerprint density at radius 3 is 2.83 bits per heavy atom. The monoisotopic (exact) mass is 256 g/mol. The first kappa shape index (κ1) is 11.3. The number of aliphatic hydroxyl groups excluding tert-OH is 1. The highest BCUT2D eigenvalue weighted by Gasteiger charge is 2.11. The smallest absolute Gasteiger partial charge is 0.136 e. The van der Waals surface area contributed by atoms with E-state index in [0.717, 1.165) is 27.2 Å². The van der Waals surface area contributed by atoms with Gasteiger partial charge in [-0.05, 0) is 29.7 Å². The summed E-state index contributed by atoms with van der Waals surface area (Å²) in [5.41, 5.74) is 1.82. The highest BCUT2D eigenvalue weighted by molar-refractivity contribution is 7.11. The van der Waals surface area contributed by atoms with Gasteiger partial charge in [-0.1, -0.05) is 24.3 Å². The molecule has 2 aromatic heterocycles. The van der Waals surface area contributed by atoms with E-state index in [1.165, 1.54) is 0 Å². The second kappa shape index (κ2) is 4.80. The third-order valence-electron chi connectivity index (χ3n) is 2.77. The first-order chi connectivity index (χ1) is 8.88. The Bertz CT molecular complexity index is 644. The molecule has 2 heterocycles. The number of aliphatic hydroxyl groups is 1. The zero-order chi connectivity index (χ0) is 12.4. The fraction of sp³-hybridized carbons (Fsp3) is 0.0667. The standard InChI is InChI=1S/C15H12O2S/c16-8-7-12(15-6-3-9-18-15)14-10-11-4-1-2-5-13(11)17-14/h1-7,9-10,16H,8H2/b12-7+. The lowest BCUT2D eigenvalue weighted by Crippen LogP contribution is -1.84. The van der Waals surface area contributed by atoms with Crippen LogP contribution >= 0.6 is 11.3 Å². The molecule has 1 aromatic carbocycles. The van der Waals surface area contributed by atoms with E-state index >= 15 is 0 Å². The Balaban J connectivity index is 2.13. The number of benzene rings is 1. The van der Waals surface area contributed by atoms with Crippen LogP contribution in [0.5, 0.6) is 0 Å². The second-order valence-electron chi connectivity index (χ2n) is 3.93. The quantitative estimate of drug-likeness (QED) is 0.770. The molecule has 1 N–H and O–H groups in total. The molecule has 18 heavy (non-hydrogen) atoms. The zero-order valence-electron chi connectivity index (χ0n) is 9.67. The highest BCUT2D eigenvalue weighted by Crippen LogP contribution is 2.31. The predicted octanol–water partition coefficient (Wildman–Crippen LogP) is 3.92. The van der Waals surface area contributed by atoms with Crippen molar-refractivity contribution in [2.24, 2.45) is 0 Å². The Hall–Kier alpha value is -1.84. The summed E-state index contributed by atoms with van der Waals surface area (Å²) in [6, 6.07) is 13.9. The maximum Gasteiger partial charge on any atom is 0.136 e. The molecule has 3 rings (SSSR count). The fourth-order valence-corrected chi connectivity index (χ4v) is 2.73. The number of hydrogen-bond acceptors (Lipinski definition) is 3. The molecule has 0 unspecified atom stereocenters. The molecule has 0 aliphatic heterocycles. The summed E-state index contributed by atoms with van der Waals surface area (Å²) in [5.74, 6) is 0.799. The topological polar surface area (TPSA) is 33.4 Å². The Kier molecular flexibility index (Phi) is 3.00. The number of furan rings is 1. The minimum atomic E-state index is 0.00424. The molecular weight excluding hydrogens is 244 g/mol. The van der Waals surface area contributed by atoms with Crippen LogP contribution in [-0.4, -0.2) is 11.7 Å². The van der Waals surface area contributed by atoms with E-state index in [-0.39, 0.29) is 6.61 Å². The normalized spacial score (nSPS) is 12.2. The molecular formula is C15H12O2S. The third-order valence-corrected chi connectivity index (χ3v) is 3.68. The molecule has 0 radical (unpaired) electrons. The van der Waals surface area contributed by atoms with Gasteiger partial charge in [0, 0.05) is 15.8 Å². The summed E-state index contributed by atoms with van der Waals surface area (Å²) < 4.78 is 5.83. The minimum absolute atomic E-state index is 0.00424. The molecule has 0 saturated heterocycles. The number of thiophene rings is 1. The Labute approximate surface area is 109 Å². The van der Waals surface area contributed by atoms with E-state index in [9.17, 15) is 0 Å². The van der Waals surface area contributed by atoms with E-state index in [4.69, 9.17) is 9.52 Å². The summed E-state index contributed by atoms with van der Waals surface area (Å²) in [6.07, 6.45) is 1.78. The molecule has 0 fully saturated rings. The van der Waals surface area contributed by atoms with Gasteiger partial charge in [0.25, 0.3) is 0 Å². The number of fused-ring (bicyclic) bond motifs is 1. The van der Waals surface area contributed by atoms with Gasteiger partial charge in [-0.3, -0.25) is 0 Å². The van der Waals surface area contributed by atoms with Crippen molar-refractivity contribution in [1.29, 1.82) is 0 Å². The zero-order valence-corrected chi connectivity index (χ0v) is 10.5. The Morgan fingerprint density at radius 2 is 2.11 bits per heavy atom. The van der Waals surface area contributed by atoms with Crippen molar-refractivity contribution in [3.8, 4) is 0 Å². The summed E-state index contributed by atoms with van der Waals surface area (Å²) in [6.45, 7) is 0.00424. The molecule has 0 spiro atoms. The molecule has 3 heteroatoms. The van der Waals surface area contributed by atoms with Crippen LogP contribution in [0.1, 0.15) is 10.6 Å². The molecule has 0 atom stereocenters. The molecule has 0 aliphatic rings. The first-order valence-corrected chi connectivity index (χ1v) is 6.60. The fourth-order valence-electron chi connectivity index (χ4n) is 1.96. The first-order valence-electron chi connectivity index (χ1n) is 5.72. The van der Waals surface area contributed by atoms with Gasteiger partial charge in [-0.2, -0.15) is 0 Å². The van der Waals surface area contributed by atoms with Gasteiger partial charge in [0.1, 0.15) is 11.3 Å². The lowest BCUT2D eigenvalue weighted by molar-refractivity contribution is 0.343. The van der Waals surface area contributed by atoms with E-state index in [0.29, 0.717) is 0 Å². The predicted molar refractivity (Wildman–Crippen MR) is 74.7 cm³/mol. The second-order valence-corrected chi connectivity index (χ2v) is 4.87. The number of para-hydroxylation sites is 1. The maximum absolute atomic E-state index is 9.16. The van der Waals surface area contributed by atoms with Gasteiger partial charge in [0.2, 0.25) is 0 Å². The lowest BCUT2D eigenvalue weighted by atomic mass is 10.1. The number of rotatable bonds is 3. The SMILES string of the molecule is OC/C=C(\c1cc2ccccc2o1)c1cccs1. The van der Waals surface area contributed by atoms with Crippen molar-refractivity contribution < 1.29 is 9.52 Å². The van der Waals surface area contributed by atoms with Crippen LogP contribution in [0.4, 0.5) is 0 Å². The average molecular weight is 256 g/mol. The minimum Gasteiger partial charge on any atom is -0.456 e. The van der Waals surface area contributed by atoms with Crippen LogP contribution in [-0.2, 0) is 0 Å².